The van der Waals surface area contributed by atoms with Crippen molar-refractivity contribution in [2.75, 3.05) is 47.0 Å². The summed E-state index contributed by atoms with van der Waals surface area (Å²) in [5, 5.41) is 3.13. The molecule has 0 aromatic heterocycles. The van der Waals surface area contributed by atoms with Crippen LogP contribution in [0.3, 0.4) is 0 Å². The van der Waals surface area contributed by atoms with E-state index >= 15 is 0 Å². The van der Waals surface area contributed by atoms with Crippen molar-refractivity contribution >= 4 is 0 Å². The maximum absolute atomic E-state index is 5.48. The van der Waals surface area contributed by atoms with Gasteiger partial charge in [0.1, 0.15) is 6.23 Å². The predicted octanol–water partition coefficient (Wildman–Crippen LogP) is -0.0994. The lowest BCUT2D eigenvalue weighted by atomic mass is 10.3. The third-order valence-electron chi connectivity index (χ3n) is 2.30. The Hall–Kier alpha value is -0.160. The third-order valence-corrected chi connectivity index (χ3v) is 2.30. The standard InChI is InChI=1S/C9H20N2O2/c1-10-9-8-11(5-7-13-9)4-3-6-12-2/h9-10H,3-8H2,1-2H3. The third kappa shape index (κ3) is 4.04. The summed E-state index contributed by atoms with van der Waals surface area (Å²) in [5.74, 6) is 0. The molecule has 1 rings (SSSR count). The van der Waals surface area contributed by atoms with E-state index in [1.165, 1.54) is 0 Å². The monoisotopic (exact) mass is 188 g/mol. The quantitative estimate of drug-likeness (QED) is 0.611. The fraction of sp³-hybridized carbons (Fsp3) is 1.00. The molecule has 0 amide bonds. The van der Waals surface area contributed by atoms with Crippen molar-refractivity contribution in [3.05, 3.63) is 0 Å². The highest BCUT2D eigenvalue weighted by Gasteiger charge is 2.17. The largest absolute Gasteiger partial charge is 0.385 e. The van der Waals surface area contributed by atoms with Crippen LogP contribution in [0.5, 0.6) is 0 Å². The Labute approximate surface area is 80.2 Å². The molecule has 0 aliphatic carbocycles. The van der Waals surface area contributed by atoms with Gasteiger partial charge >= 0.3 is 0 Å². The van der Waals surface area contributed by atoms with E-state index in [0.29, 0.717) is 0 Å². The summed E-state index contributed by atoms with van der Waals surface area (Å²) in [4.78, 5) is 2.41. The molecule has 0 aromatic carbocycles. The van der Waals surface area contributed by atoms with E-state index in [4.69, 9.17) is 9.47 Å². The molecule has 1 fully saturated rings. The van der Waals surface area contributed by atoms with Gasteiger partial charge in [-0.1, -0.05) is 0 Å². The number of nitrogens with zero attached hydrogens (tertiary/aromatic N) is 1. The Bertz CT molecular complexity index is 133. The first kappa shape index (κ1) is 10.9. The molecular formula is C9H20N2O2. The molecule has 0 radical (unpaired) electrons. The van der Waals surface area contributed by atoms with Crippen LogP contribution in [0.1, 0.15) is 6.42 Å². The van der Waals surface area contributed by atoms with Crippen LogP contribution in [-0.4, -0.2) is 58.1 Å². The van der Waals surface area contributed by atoms with E-state index in [-0.39, 0.29) is 6.23 Å². The van der Waals surface area contributed by atoms with E-state index in [1.54, 1.807) is 7.11 Å². The summed E-state index contributed by atoms with van der Waals surface area (Å²) in [6.07, 6.45) is 1.31. The SMILES string of the molecule is CNC1CN(CCCOC)CCO1. The summed E-state index contributed by atoms with van der Waals surface area (Å²) in [5.41, 5.74) is 0. The molecule has 0 saturated carbocycles. The number of hydrogen-bond donors (Lipinski definition) is 1. The second kappa shape index (κ2) is 6.32. The van der Waals surface area contributed by atoms with E-state index in [9.17, 15) is 0 Å². The van der Waals surface area contributed by atoms with Gasteiger partial charge in [-0.25, -0.2) is 0 Å². The number of nitrogens with one attached hydrogen (secondary N) is 1. The Balaban J connectivity index is 2.11. The smallest absolute Gasteiger partial charge is 0.120 e. The highest BCUT2D eigenvalue weighted by atomic mass is 16.5. The number of ether oxygens (including phenoxy) is 2. The Morgan fingerprint density at radius 3 is 3.15 bits per heavy atom. The van der Waals surface area contributed by atoms with Gasteiger partial charge in [0.05, 0.1) is 6.61 Å². The molecule has 4 nitrogen and oxygen atoms in total. The van der Waals surface area contributed by atoms with Crippen molar-refractivity contribution in [2.45, 2.75) is 12.6 Å². The normalized spacial score (nSPS) is 24.9. The summed E-state index contributed by atoms with van der Waals surface area (Å²) in [7, 11) is 3.68. The molecule has 1 aliphatic rings. The Morgan fingerprint density at radius 1 is 1.62 bits per heavy atom. The molecule has 1 heterocycles. The first-order chi connectivity index (χ1) is 6.36. The Kier molecular flexibility index (Phi) is 5.31. The maximum Gasteiger partial charge on any atom is 0.120 e. The second-order valence-corrected chi connectivity index (χ2v) is 3.30. The summed E-state index contributed by atoms with van der Waals surface area (Å²) in [6, 6.07) is 0. The average Bonchev–Trinajstić information content (AvgIpc) is 2.19. The van der Waals surface area contributed by atoms with Crippen molar-refractivity contribution < 1.29 is 9.47 Å². The van der Waals surface area contributed by atoms with E-state index in [2.05, 4.69) is 10.2 Å². The summed E-state index contributed by atoms with van der Waals surface area (Å²) < 4.78 is 10.5. The topological polar surface area (TPSA) is 33.7 Å². The molecule has 4 heteroatoms. The molecule has 0 bridgehead atoms. The molecule has 13 heavy (non-hydrogen) atoms. The zero-order valence-electron chi connectivity index (χ0n) is 8.58. The van der Waals surface area contributed by atoms with Crippen molar-refractivity contribution in [1.82, 2.24) is 10.2 Å². The fourth-order valence-corrected chi connectivity index (χ4v) is 1.51. The van der Waals surface area contributed by atoms with Gasteiger partial charge in [0.25, 0.3) is 0 Å². The first-order valence-electron chi connectivity index (χ1n) is 4.87. The first-order valence-corrected chi connectivity index (χ1v) is 4.87. The number of morpholine rings is 1. The van der Waals surface area contributed by atoms with Crippen molar-refractivity contribution in [3.63, 3.8) is 0 Å². The minimum atomic E-state index is 0.205. The van der Waals surface area contributed by atoms with Crippen LogP contribution in [0.25, 0.3) is 0 Å². The molecule has 1 aliphatic heterocycles. The molecule has 1 N–H and O–H groups in total. The molecule has 1 saturated heterocycles. The number of methoxy groups -OCH3 is 1. The van der Waals surface area contributed by atoms with Gasteiger partial charge in [-0.15, -0.1) is 0 Å². The lowest BCUT2D eigenvalue weighted by molar-refractivity contribution is -0.0430. The number of hydrogen-bond acceptors (Lipinski definition) is 4. The van der Waals surface area contributed by atoms with Crippen LogP contribution in [0.15, 0.2) is 0 Å². The zero-order chi connectivity index (χ0) is 9.52. The van der Waals surface area contributed by atoms with Crippen molar-refractivity contribution in [1.29, 1.82) is 0 Å². The van der Waals surface area contributed by atoms with E-state index < -0.39 is 0 Å². The second-order valence-electron chi connectivity index (χ2n) is 3.30. The fourth-order valence-electron chi connectivity index (χ4n) is 1.51. The average molecular weight is 188 g/mol. The zero-order valence-corrected chi connectivity index (χ0v) is 8.58. The summed E-state index contributed by atoms with van der Waals surface area (Å²) >= 11 is 0. The van der Waals surface area contributed by atoms with Gasteiger partial charge in [0.15, 0.2) is 0 Å². The molecule has 78 valence electrons. The number of rotatable bonds is 5. The van der Waals surface area contributed by atoms with Crippen LogP contribution in [0.4, 0.5) is 0 Å². The molecule has 0 aromatic rings. The minimum absolute atomic E-state index is 0.205. The maximum atomic E-state index is 5.48. The Morgan fingerprint density at radius 2 is 2.46 bits per heavy atom. The molecule has 1 atom stereocenters. The van der Waals surface area contributed by atoms with E-state index in [1.807, 2.05) is 7.05 Å². The van der Waals surface area contributed by atoms with Crippen LogP contribution >= 0.6 is 0 Å². The van der Waals surface area contributed by atoms with Gasteiger partial charge in [-0.05, 0) is 13.5 Å². The number of likely N-dealkylation sites (N-methyl/N-ethyl adjacent to an activating group) is 1. The van der Waals surface area contributed by atoms with E-state index in [0.717, 1.165) is 39.3 Å². The van der Waals surface area contributed by atoms with Gasteiger partial charge in [0, 0.05) is 33.4 Å². The van der Waals surface area contributed by atoms with Gasteiger partial charge in [0.2, 0.25) is 0 Å². The molecular weight excluding hydrogens is 168 g/mol. The lowest BCUT2D eigenvalue weighted by Gasteiger charge is -2.32. The van der Waals surface area contributed by atoms with Crippen molar-refractivity contribution in [3.8, 4) is 0 Å². The van der Waals surface area contributed by atoms with Gasteiger partial charge in [-0.2, -0.15) is 0 Å². The minimum Gasteiger partial charge on any atom is -0.385 e. The predicted molar refractivity (Wildman–Crippen MR) is 51.7 cm³/mol. The molecule has 0 spiro atoms. The molecule has 1 unspecified atom stereocenters. The van der Waals surface area contributed by atoms with Crippen LogP contribution in [0, 0.1) is 0 Å². The van der Waals surface area contributed by atoms with Gasteiger partial charge in [-0.3, -0.25) is 10.2 Å². The lowest BCUT2D eigenvalue weighted by Crippen LogP contribution is -2.48. The van der Waals surface area contributed by atoms with Gasteiger partial charge < -0.3 is 9.47 Å². The van der Waals surface area contributed by atoms with Crippen molar-refractivity contribution in [2.24, 2.45) is 0 Å². The highest BCUT2D eigenvalue weighted by molar-refractivity contribution is 4.68. The van der Waals surface area contributed by atoms with Crippen LogP contribution in [0.2, 0.25) is 0 Å². The highest BCUT2D eigenvalue weighted by Crippen LogP contribution is 2.02. The van der Waals surface area contributed by atoms with Crippen LogP contribution < -0.4 is 5.32 Å². The summed E-state index contributed by atoms with van der Waals surface area (Å²) in [6.45, 7) is 4.82. The van der Waals surface area contributed by atoms with Crippen LogP contribution in [-0.2, 0) is 9.47 Å².